The van der Waals surface area contributed by atoms with Crippen LogP contribution in [0.1, 0.15) is 43.2 Å². The minimum atomic E-state index is -0.272. The van der Waals surface area contributed by atoms with Gasteiger partial charge in [0.15, 0.2) is 0 Å². The third kappa shape index (κ3) is 5.95. The molecule has 3 rings (SSSR count). The van der Waals surface area contributed by atoms with Crippen LogP contribution in [0.5, 0.6) is 0 Å². The molecular formula is C23H27NO3. The van der Waals surface area contributed by atoms with Gasteiger partial charge in [-0.05, 0) is 36.8 Å². The van der Waals surface area contributed by atoms with Crippen LogP contribution in [0.15, 0.2) is 60.7 Å². The number of hydrogen-bond donors (Lipinski definition) is 0. The Hall–Kier alpha value is -2.62. The summed E-state index contributed by atoms with van der Waals surface area (Å²) in [5.41, 5.74) is 2.25. The van der Waals surface area contributed by atoms with E-state index in [9.17, 15) is 9.59 Å². The minimum absolute atomic E-state index is 0.0988. The number of nitrogens with zero attached hydrogens (tertiary/aromatic N) is 1. The van der Waals surface area contributed by atoms with Crippen molar-refractivity contribution in [3.8, 4) is 0 Å². The summed E-state index contributed by atoms with van der Waals surface area (Å²) in [5.74, 6) is 0.299. The first-order chi connectivity index (χ1) is 13.2. The summed E-state index contributed by atoms with van der Waals surface area (Å²) in [4.78, 5) is 26.2. The molecule has 0 heterocycles. The lowest BCUT2D eigenvalue weighted by Crippen LogP contribution is -2.43. The van der Waals surface area contributed by atoms with Crippen LogP contribution in [0.25, 0.3) is 0 Å². The predicted molar refractivity (Wildman–Crippen MR) is 105 cm³/mol. The van der Waals surface area contributed by atoms with E-state index in [1.54, 1.807) is 0 Å². The van der Waals surface area contributed by atoms with E-state index in [0.29, 0.717) is 25.2 Å². The number of aryl methyl sites for hydroxylation is 1. The molecule has 2 aromatic rings. The smallest absolute Gasteiger partial charge is 0.410 e. The second-order valence-corrected chi connectivity index (χ2v) is 7.09. The summed E-state index contributed by atoms with van der Waals surface area (Å²) in [5, 5.41) is 0. The maximum atomic E-state index is 12.8. The van der Waals surface area contributed by atoms with E-state index in [1.807, 2.05) is 53.4 Å². The van der Waals surface area contributed by atoms with E-state index >= 15 is 0 Å². The van der Waals surface area contributed by atoms with Gasteiger partial charge in [-0.15, -0.1) is 0 Å². The van der Waals surface area contributed by atoms with E-state index < -0.39 is 0 Å². The SMILES string of the molecule is O=C1CCC(N(CCCc2ccccc2)C(=O)OCc2ccccc2)CC1. The van der Waals surface area contributed by atoms with Gasteiger partial charge >= 0.3 is 6.09 Å². The number of carbonyl (C=O) groups is 2. The molecule has 27 heavy (non-hydrogen) atoms. The zero-order valence-electron chi connectivity index (χ0n) is 15.7. The van der Waals surface area contributed by atoms with Crippen LogP contribution in [-0.2, 0) is 22.6 Å². The highest BCUT2D eigenvalue weighted by Crippen LogP contribution is 2.22. The quantitative estimate of drug-likeness (QED) is 0.710. The van der Waals surface area contributed by atoms with E-state index in [4.69, 9.17) is 4.74 Å². The van der Waals surface area contributed by atoms with Crippen molar-refractivity contribution in [2.75, 3.05) is 6.54 Å². The summed E-state index contributed by atoms with van der Waals surface area (Å²) in [6, 6.07) is 20.1. The molecule has 0 N–H and O–H groups in total. The molecule has 0 unspecified atom stereocenters. The number of ketones is 1. The lowest BCUT2D eigenvalue weighted by Gasteiger charge is -2.33. The Bertz CT molecular complexity index is 720. The lowest BCUT2D eigenvalue weighted by molar-refractivity contribution is -0.121. The normalized spacial score (nSPS) is 14.7. The summed E-state index contributed by atoms with van der Waals surface area (Å²) in [6.45, 7) is 0.932. The van der Waals surface area contributed by atoms with Crippen molar-refractivity contribution in [1.82, 2.24) is 4.90 Å². The average Bonchev–Trinajstić information content (AvgIpc) is 2.72. The Balaban J connectivity index is 1.57. The average molecular weight is 365 g/mol. The van der Waals surface area contributed by atoms with Gasteiger partial charge in [0.05, 0.1) is 0 Å². The van der Waals surface area contributed by atoms with Crippen LogP contribution in [0.4, 0.5) is 4.79 Å². The summed E-state index contributed by atoms with van der Waals surface area (Å²) < 4.78 is 5.58. The summed E-state index contributed by atoms with van der Waals surface area (Å²) >= 11 is 0. The van der Waals surface area contributed by atoms with Crippen molar-refractivity contribution >= 4 is 11.9 Å². The molecular weight excluding hydrogens is 338 g/mol. The van der Waals surface area contributed by atoms with Gasteiger partial charge in [0, 0.05) is 25.4 Å². The Labute approximate surface area is 161 Å². The van der Waals surface area contributed by atoms with Gasteiger partial charge < -0.3 is 9.64 Å². The number of amides is 1. The highest BCUT2D eigenvalue weighted by molar-refractivity contribution is 5.79. The molecule has 1 fully saturated rings. The van der Waals surface area contributed by atoms with Crippen molar-refractivity contribution in [2.24, 2.45) is 0 Å². The van der Waals surface area contributed by atoms with Gasteiger partial charge in [0.2, 0.25) is 0 Å². The van der Waals surface area contributed by atoms with Gasteiger partial charge in [-0.1, -0.05) is 60.7 Å². The van der Waals surface area contributed by atoms with Crippen LogP contribution < -0.4 is 0 Å². The van der Waals surface area contributed by atoms with Crippen LogP contribution in [0, 0.1) is 0 Å². The molecule has 0 atom stereocenters. The third-order valence-corrected chi connectivity index (χ3v) is 5.10. The first-order valence-electron chi connectivity index (χ1n) is 9.75. The van der Waals surface area contributed by atoms with E-state index in [0.717, 1.165) is 31.2 Å². The van der Waals surface area contributed by atoms with E-state index in [1.165, 1.54) is 5.56 Å². The molecule has 0 radical (unpaired) electrons. The van der Waals surface area contributed by atoms with Crippen LogP contribution in [0.2, 0.25) is 0 Å². The summed E-state index contributed by atoms with van der Waals surface area (Å²) in [6.07, 6.45) is 4.14. The van der Waals surface area contributed by atoms with Gasteiger partial charge in [-0.25, -0.2) is 4.79 Å². The molecule has 0 aliphatic heterocycles. The fraction of sp³-hybridized carbons (Fsp3) is 0.391. The number of rotatable bonds is 7. The first-order valence-corrected chi connectivity index (χ1v) is 9.75. The Kier molecular flexibility index (Phi) is 7.03. The summed E-state index contributed by atoms with van der Waals surface area (Å²) in [7, 11) is 0. The number of hydrogen-bond acceptors (Lipinski definition) is 3. The second kappa shape index (κ2) is 9.91. The van der Waals surface area contributed by atoms with Crippen molar-refractivity contribution in [3.05, 3.63) is 71.8 Å². The monoisotopic (exact) mass is 365 g/mol. The van der Waals surface area contributed by atoms with Crippen molar-refractivity contribution in [1.29, 1.82) is 0 Å². The number of benzene rings is 2. The maximum Gasteiger partial charge on any atom is 0.410 e. The number of carbonyl (C=O) groups excluding carboxylic acids is 2. The maximum absolute atomic E-state index is 12.8. The van der Waals surface area contributed by atoms with Crippen LogP contribution >= 0.6 is 0 Å². The zero-order valence-corrected chi connectivity index (χ0v) is 15.7. The third-order valence-electron chi connectivity index (χ3n) is 5.10. The fourth-order valence-electron chi connectivity index (χ4n) is 3.56. The largest absolute Gasteiger partial charge is 0.445 e. The molecule has 1 aliphatic rings. The van der Waals surface area contributed by atoms with Crippen molar-refractivity contribution in [3.63, 3.8) is 0 Å². The van der Waals surface area contributed by atoms with Crippen LogP contribution in [0.3, 0.4) is 0 Å². The Morgan fingerprint density at radius 3 is 2.15 bits per heavy atom. The molecule has 1 amide bonds. The lowest BCUT2D eigenvalue weighted by atomic mass is 9.93. The van der Waals surface area contributed by atoms with Gasteiger partial charge in [0.25, 0.3) is 0 Å². The first kappa shape index (κ1) is 19.2. The fourth-order valence-corrected chi connectivity index (χ4v) is 3.56. The molecule has 0 saturated heterocycles. The van der Waals surface area contributed by atoms with E-state index in [-0.39, 0.29) is 18.7 Å². The molecule has 4 heteroatoms. The Morgan fingerprint density at radius 2 is 1.52 bits per heavy atom. The van der Waals surface area contributed by atoms with Gasteiger partial charge in [0.1, 0.15) is 12.4 Å². The number of Topliss-reactive ketones (excluding diaryl/α,β-unsaturated/α-hetero) is 1. The van der Waals surface area contributed by atoms with Crippen LogP contribution in [-0.4, -0.2) is 29.4 Å². The molecule has 0 bridgehead atoms. The minimum Gasteiger partial charge on any atom is -0.445 e. The molecule has 4 nitrogen and oxygen atoms in total. The molecule has 1 saturated carbocycles. The van der Waals surface area contributed by atoms with Crippen molar-refractivity contribution in [2.45, 2.75) is 51.2 Å². The second-order valence-electron chi connectivity index (χ2n) is 7.09. The molecule has 1 aliphatic carbocycles. The van der Waals surface area contributed by atoms with E-state index in [2.05, 4.69) is 12.1 Å². The molecule has 2 aromatic carbocycles. The zero-order chi connectivity index (χ0) is 18.9. The molecule has 142 valence electrons. The number of ether oxygens (including phenoxy) is 1. The van der Waals surface area contributed by atoms with Crippen molar-refractivity contribution < 1.29 is 14.3 Å². The topological polar surface area (TPSA) is 46.6 Å². The van der Waals surface area contributed by atoms with Gasteiger partial charge in [-0.3, -0.25) is 4.79 Å². The molecule has 0 aromatic heterocycles. The van der Waals surface area contributed by atoms with Gasteiger partial charge in [-0.2, -0.15) is 0 Å². The standard InChI is InChI=1S/C23H27NO3/c25-22-15-13-21(14-16-22)24(17-7-12-19-8-3-1-4-9-19)23(26)27-18-20-10-5-2-6-11-20/h1-6,8-11,21H,7,12-18H2. The highest BCUT2D eigenvalue weighted by Gasteiger charge is 2.28. The Morgan fingerprint density at radius 1 is 0.926 bits per heavy atom. The highest BCUT2D eigenvalue weighted by atomic mass is 16.6. The predicted octanol–water partition coefficient (Wildman–Crippen LogP) is 4.77. The molecule has 0 spiro atoms.